The van der Waals surface area contributed by atoms with Crippen molar-refractivity contribution in [3.05, 3.63) is 59.2 Å². The Hall–Kier alpha value is -2.69. The first-order valence-electron chi connectivity index (χ1n) is 8.43. The van der Waals surface area contributed by atoms with Gasteiger partial charge in [-0.05, 0) is 49.6 Å². The number of hydrogen-bond acceptors (Lipinski definition) is 3. The van der Waals surface area contributed by atoms with Crippen LogP contribution in [0.1, 0.15) is 16.7 Å². The molecule has 2 rings (SSSR count). The predicted molar refractivity (Wildman–Crippen MR) is 99.5 cm³/mol. The van der Waals surface area contributed by atoms with Crippen LogP contribution in [0, 0.1) is 13.8 Å². The second-order valence-corrected chi connectivity index (χ2v) is 5.90. The van der Waals surface area contributed by atoms with E-state index in [-0.39, 0.29) is 6.03 Å². The van der Waals surface area contributed by atoms with Crippen LogP contribution in [0.5, 0.6) is 11.5 Å². The van der Waals surface area contributed by atoms with Crippen LogP contribution in [0.15, 0.2) is 42.5 Å². The van der Waals surface area contributed by atoms with Crippen molar-refractivity contribution in [1.82, 2.24) is 10.6 Å². The average molecular weight is 342 g/mol. The summed E-state index contributed by atoms with van der Waals surface area (Å²) in [6, 6.07) is 13.7. The number of methoxy groups -OCH3 is 1. The zero-order valence-electron chi connectivity index (χ0n) is 15.1. The maximum Gasteiger partial charge on any atom is 0.314 e. The minimum absolute atomic E-state index is 0.188. The maximum atomic E-state index is 11.8. The van der Waals surface area contributed by atoms with Crippen LogP contribution >= 0.6 is 0 Å². The SMILES string of the molecule is COc1cccc(CCNC(=O)NCCOc2ccc(C)cc2C)c1. The number of hydrogen-bond donors (Lipinski definition) is 2. The minimum Gasteiger partial charge on any atom is -0.497 e. The molecule has 0 aliphatic rings. The highest BCUT2D eigenvalue weighted by molar-refractivity contribution is 5.73. The topological polar surface area (TPSA) is 59.6 Å². The molecule has 2 amide bonds. The highest BCUT2D eigenvalue weighted by Gasteiger charge is 2.02. The molecule has 0 radical (unpaired) electrons. The van der Waals surface area contributed by atoms with Gasteiger partial charge < -0.3 is 20.1 Å². The van der Waals surface area contributed by atoms with E-state index in [1.807, 2.05) is 50.2 Å². The zero-order chi connectivity index (χ0) is 18.1. The Morgan fingerprint density at radius 1 is 1.04 bits per heavy atom. The van der Waals surface area contributed by atoms with Gasteiger partial charge in [0.2, 0.25) is 0 Å². The molecule has 5 nitrogen and oxygen atoms in total. The molecular formula is C20H26N2O3. The minimum atomic E-state index is -0.188. The van der Waals surface area contributed by atoms with Crippen LogP contribution in [-0.4, -0.2) is 32.8 Å². The van der Waals surface area contributed by atoms with E-state index in [1.165, 1.54) is 5.56 Å². The fourth-order valence-corrected chi connectivity index (χ4v) is 2.50. The van der Waals surface area contributed by atoms with E-state index in [9.17, 15) is 4.79 Å². The van der Waals surface area contributed by atoms with Crippen molar-refractivity contribution in [2.24, 2.45) is 0 Å². The molecule has 0 aromatic heterocycles. The van der Waals surface area contributed by atoms with Gasteiger partial charge in [0.25, 0.3) is 0 Å². The molecule has 0 spiro atoms. The second-order valence-electron chi connectivity index (χ2n) is 5.90. The van der Waals surface area contributed by atoms with E-state index in [0.717, 1.165) is 29.0 Å². The summed E-state index contributed by atoms with van der Waals surface area (Å²) < 4.78 is 10.9. The highest BCUT2D eigenvalue weighted by atomic mass is 16.5. The number of carbonyl (C=O) groups is 1. The van der Waals surface area contributed by atoms with Gasteiger partial charge in [0, 0.05) is 6.54 Å². The van der Waals surface area contributed by atoms with E-state index >= 15 is 0 Å². The van der Waals surface area contributed by atoms with Crippen molar-refractivity contribution in [3.63, 3.8) is 0 Å². The summed E-state index contributed by atoms with van der Waals surface area (Å²) in [5, 5.41) is 5.63. The summed E-state index contributed by atoms with van der Waals surface area (Å²) in [5.41, 5.74) is 3.43. The molecule has 5 heteroatoms. The largest absolute Gasteiger partial charge is 0.497 e. The lowest BCUT2D eigenvalue weighted by Gasteiger charge is -2.11. The fraction of sp³-hybridized carbons (Fsp3) is 0.350. The van der Waals surface area contributed by atoms with Crippen LogP contribution in [-0.2, 0) is 6.42 Å². The maximum absolute atomic E-state index is 11.8. The molecule has 0 aliphatic carbocycles. The highest BCUT2D eigenvalue weighted by Crippen LogP contribution is 2.18. The summed E-state index contributed by atoms with van der Waals surface area (Å²) in [6.45, 7) is 5.53. The molecule has 0 unspecified atom stereocenters. The average Bonchev–Trinajstić information content (AvgIpc) is 2.60. The van der Waals surface area contributed by atoms with Gasteiger partial charge >= 0.3 is 6.03 Å². The van der Waals surface area contributed by atoms with Gasteiger partial charge in [-0.25, -0.2) is 4.79 Å². The van der Waals surface area contributed by atoms with Crippen LogP contribution in [0.3, 0.4) is 0 Å². The number of aryl methyl sites for hydroxylation is 2. The van der Waals surface area contributed by atoms with E-state index in [1.54, 1.807) is 7.11 Å². The first kappa shape index (κ1) is 18.6. The molecule has 134 valence electrons. The first-order chi connectivity index (χ1) is 12.1. The van der Waals surface area contributed by atoms with Gasteiger partial charge in [-0.1, -0.05) is 29.8 Å². The van der Waals surface area contributed by atoms with Crippen LogP contribution < -0.4 is 20.1 Å². The van der Waals surface area contributed by atoms with Crippen LogP contribution in [0.25, 0.3) is 0 Å². The number of urea groups is 1. The standard InChI is InChI=1S/C20H26N2O3/c1-15-7-8-19(16(2)13-15)25-12-11-22-20(23)21-10-9-17-5-4-6-18(14-17)24-3/h4-8,13-14H,9-12H2,1-3H3,(H2,21,22,23). The molecule has 0 fully saturated rings. The summed E-state index contributed by atoms with van der Waals surface area (Å²) >= 11 is 0. The lowest BCUT2D eigenvalue weighted by Crippen LogP contribution is -2.38. The monoisotopic (exact) mass is 342 g/mol. The number of nitrogens with one attached hydrogen (secondary N) is 2. The number of ether oxygens (including phenoxy) is 2. The molecule has 0 saturated carbocycles. The fourth-order valence-electron chi connectivity index (χ4n) is 2.50. The Morgan fingerprint density at radius 3 is 2.60 bits per heavy atom. The Balaban J connectivity index is 1.62. The number of amides is 2. The smallest absolute Gasteiger partial charge is 0.314 e. The Kier molecular flexibility index (Phi) is 7.14. The van der Waals surface area contributed by atoms with E-state index in [2.05, 4.69) is 16.7 Å². The number of benzene rings is 2. The third kappa shape index (κ3) is 6.37. The van der Waals surface area contributed by atoms with Crippen molar-refractivity contribution in [2.75, 3.05) is 26.8 Å². The summed E-state index contributed by atoms with van der Waals surface area (Å²) in [7, 11) is 1.64. The van der Waals surface area contributed by atoms with Crippen molar-refractivity contribution in [1.29, 1.82) is 0 Å². The van der Waals surface area contributed by atoms with Gasteiger partial charge in [-0.2, -0.15) is 0 Å². The van der Waals surface area contributed by atoms with Crippen molar-refractivity contribution in [3.8, 4) is 11.5 Å². The Bertz CT molecular complexity index is 701. The zero-order valence-corrected chi connectivity index (χ0v) is 15.1. The molecule has 0 saturated heterocycles. The van der Waals surface area contributed by atoms with Gasteiger partial charge in [-0.15, -0.1) is 0 Å². The van der Waals surface area contributed by atoms with Gasteiger partial charge in [0.15, 0.2) is 0 Å². The molecule has 0 heterocycles. The number of rotatable bonds is 8. The van der Waals surface area contributed by atoms with Gasteiger partial charge in [0.05, 0.1) is 13.7 Å². The summed E-state index contributed by atoms with van der Waals surface area (Å²) in [5.74, 6) is 1.68. The van der Waals surface area contributed by atoms with Crippen LogP contribution in [0.4, 0.5) is 4.79 Å². The molecule has 0 aliphatic heterocycles. The van der Waals surface area contributed by atoms with E-state index in [4.69, 9.17) is 9.47 Å². The molecule has 0 bridgehead atoms. The van der Waals surface area contributed by atoms with Crippen molar-refractivity contribution in [2.45, 2.75) is 20.3 Å². The number of carbonyl (C=O) groups excluding carboxylic acids is 1. The van der Waals surface area contributed by atoms with E-state index < -0.39 is 0 Å². The Labute approximate surface area is 149 Å². The molecule has 25 heavy (non-hydrogen) atoms. The molecule has 0 atom stereocenters. The summed E-state index contributed by atoms with van der Waals surface area (Å²) in [6.07, 6.45) is 0.754. The molecule has 2 N–H and O–H groups in total. The Morgan fingerprint density at radius 2 is 1.84 bits per heavy atom. The molecule has 2 aromatic carbocycles. The molecular weight excluding hydrogens is 316 g/mol. The van der Waals surface area contributed by atoms with Gasteiger partial charge in [0.1, 0.15) is 18.1 Å². The normalized spacial score (nSPS) is 10.2. The second kappa shape index (κ2) is 9.57. The first-order valence-corrected chi connectivity index (χ1v) is 8.43. The molecule has 2 aromatic rings. The third-order valence-corrected chi connectivity index (χ3v) is 3.81. The van der Waals surface area contributed by atoms with Crippen molar-refractivity contribution >= 4 is 6.03 Å². The predicted octanol–water partition coefficient (Wildman–Crippen LogP) is 3.23. The van der Waals surface area contributed by atoms with E-state index in [0.29, 0.717) is 19.7 Å². The summed E-state index contributed by atoms with van der Waals surface area (Å²) in [4.78, 5) is 11.8. The van der Waals surface area contributed by atoms with Crippen LogP contribution in [0.2, 0.25) is 0 Å². The van der Waals surface area contributed by atoms with Crippen molar-refractivity contribution < 1.29 is 14.3 Å². The quantitative estimate of drug-likeness (QED) is 0.724. The lowest BCUT2D eigenvalue weighted by molar-refractivity contribution is 0.236. The third-order valence-electron chi connectivity index (χ3n) is 3.81. The lowest BCUT2D eigenvalue weighted by atomic mass is 10.1. The van der Waals surface area contributed by atoms with Gasteiger partial charge in [-0.3, -0.25) is 0 Å².